The van der Waals surface area contributed by atoms with Crippen molar-refractivity contribution in [2.24, 2.45) is 0 Å². The van der Waals surface area contributed by atoms with Gasteiger partial charge in [0.2, 0.25) is 11.8 Å². The zero-order chi connectivity index (χ0) is 18.5. The first kappa shape index (κ1) is 18.4. The highest BCUT2D eigenvalue weighted by Crippen LogP contribution is 2.19. The van der Waals surface area contributed by atoms with Gasteiger partial charge in [-0.3, -0.25) is 19.0 Å². The van der Waals surface area contributed by atoms with E-state index in [0.717, 1.165) is 25.9 Å². The van der Waals surface area contributed by atoms with Gasteiger partial charge in [-0.15, -0.1) is 0 Å². The van der Waals surface area contributed by atoms with Crippen LogP contribution in [0, 0.1) is 0 Å². The Kier molecular flexibility index (Phi) is 5.92. The van der Waals surface area contributed by atoms with E-state index in [9.17, 15) is 14.4 Å². The number of carbonyl (C=O) groups excluding carboxylic acids is 2. The van der Waals surface area contributed by atoms with Crippen molar-refractivity contribution in [2.45, 2.75) is 31.5 Å². The highest BCUT2D eigenvalue weighted by atomic mass is 32.2. The standard InChI is InChI=1S/C18H22N4O3S/c1-13(23)19-8-11-22-17(25)14-6-2-3-7-15(14)20-18(22)26-12-16(24)21-9-4-5-10-21/h2-3,6-7H,4-5,8-12H2,1H3,(H,19,23). The summed E-state index contributed by atoms with van der Waals surface area (Å²) in [6.07, 6.45) is 2.10. The van der Waals surface area contributed by atoms with Crippen molar-refractivity contribution in [2.75, 3.05) is 25.4 Å². The summed E-state index contributed by atoms with van der Waals surface area (Å²) in [6.45, 7) is 3.70. The average molecular weight is 374 g/mol. The van der Waals surface area contributed by atoms with E-state index in [-0.39, 0.29) is 23.1 Å². The summed E-state index contributed by atoms with van der Waals surface area (Å²) < 4.78 is 1.54. The topological polar surface area (TPSA) is 84.3 Å². The normalized spacial score (nSPS) is 14.0. The molecule has 0 unspecified atom stereocenters. The number of hydrogen-bond donors (Lipinski definition) is 1. The Hall–Kier alpha value is -2.35. The van der Waals surface area contributed by atoms with E-state index in [0.29, 0.717) is 29.1 Å². The van der Waals surface area contributed by atoms with Gasteiger partial charge in [0.25, 0.3) is 5.56 Å². The van der Waals surface area contributed by atoms with E-state index < -0.39 is 0 Å². The Labute approximate surface area is 155 Å². The fraction of sp³-hybridized carbons (Fsp3) is 0.444. The largest absolute Gasteiger partial charge is 0.355 e. The van der Waals surface area contributed by atoms with Gasteiger partial charge >= 0.3 is 0 Å². The number of hydrogen-bond acceptors (Lipinski definition) is 5. The Balaban J connectivity index is 1.84. The van der Waals surface area contributed by atoms with Gasteiger partial charge in [0.15, 0.2) is 5.16 Å². The number of aromatic nitrogens is 2. The molecule has 0 radical (unpaired) electrons. The summed E-state index contributed by atoms with van der Waals surface area (Å²) in [5.41, 5.74) is 0.460. The maximum absolute atomic E-state index is 12.8. The summed E-state index contributed by atoms with van der Waals surface area (Å²) in [6, 6.07) is 7.16. The third kappa shape index (κ3) is 4.24. The molecule has 1 aromatic carbocycles. The Morgan fingerprint density at radius 2 is 1.96 bits per heavy atom. The van der Waals surface area contributed by atoms with Gasteiger partial charge in [-0.2, -0.15) is 0 Å². The van der Waals surface area contributed by atoms with E-state index in [2.05, 4.69) is 10.3 Å². The molecule has 0 saturated carbocycles. The first-order chi connectivity index (χ1) is 12.6. The molecule has 138 valence electrons. The first-order valence-electron chi connectivity index (χ1n) is 8.71. The SMILES string of the molecule is CC(=O)NCCn1c(SCC(=O)N2CCCC2)nc2ccccc2c1=O. The molecule has 0 bridgehead atoms. The maximum Gasteiger partial charge on any atom is 0.262 e. The highest BCUT2D eigenvalue weighted by Gasteiger charge is 2.19. The van der Waals surface area contributed by atoms with Crippen molar-refractivity contribution in [3.8, 4) is 0 Å². The van der Waals surface area contributed by atoms with Gasteiger partial charge in [-0.25, -0.2) is 4.98 Å². The molecule has 0 aliphatic carbocycles. The zero-order valence-corrected chi connectivity index (χ0v) is 15.6. The lowest BCUT2D eigenvalue weighted by Crippen LogP contribution is -2.32. The second kappa shape index (κ2) is 8.35. The molecule has 1 aliphatic rings. The monoisotopic (exact) mass is 374 g/mol. The molecule has 1 N–H and O–H groups in total. The van der Waals surface area contributed by atoms with Crippen molar-refractivity contribution in [3.63, 3.8) is 0 Å². The van der Waals surface area contributed by atoms with Gasteiger partial charge in [-0.05, 0) is 25.0 Å². The molecule has 7 nitrogen and oxygen atoms in total. The van der Waals surface area contributed by atoms with Gasteiger partial charge in [-0.1, -0.05) is 23.9 Å². The number of fused-ring (bicyclic) bond motifs is 1. The van der Waals surface area contributed by atoms with Crippen LogP contribution in [0.1, 0.15) is 19.8 Å². The van der Waals surface area contributed by atoms with Crippen molar-refractivity contribution < 1.29 is 9.59 Å². The lowest BCUT2D eigenvalue weighted by atomic mass is 10.2. The number of nitrogens with one attached hydrogen (secondary N) is 1. The average Bonchev–Trinajstić information content (AvgIpc) is 3.16. The predicted octanol–water partition coefficient (Wildman–Crippen LogP) is 1.25. The van der Waals surface area contributed by atoms with E-state index in [1.807, 2.05) is 11.0 Å². The minimum absolute atomic E-state index is 0.0725. The predicted molar refractivity (Wildman–Crippen MR) is 101 cm³/mol. The summed E-state index contributed by atoms with van der Waals surface area (Å²) in [5, 5.41) is 3.73. The van der Waals surface area contributed by atoms with Crippen LogP contribution in [0.3, 0.4) is 0 Å². The van der Waals surface area contributed by atoms with Crippen LogP contribution in [0.25, 0.3) is 10.9 Å². The Morgan fingerprint density at radius 3 is 2.69 bits per heavy atom. The molecular formula is C18H22N4O3S. The van der Waals surface area contributed by atoms with Crippen molar-refractivity contribution in [1.29, 1.82) is 0 Å². The molecule has 2 amide bonds. The second-order valence-corrected chi connectivity index (χ2v) is 7.17. The molecule has 1 aromatic heterocycles. The molecule has 8 heteroatoms. The van der Waals surface area contributed by atoms with Gasteiger partial charge in [0, 0.05) is 33.1 Å². The third-order valence-corrected chi connectivity index (χ3v) is 5.28. The van der Waals surface area contributed by atoms with E-state index >= 15 is 0 Å². The molecule has 1 fully saturated rings. The van der Waals surface area contributed by atoms with Crippen LogP contribution < -0.4 is 10.9 Å². The highest BCUT2D eigenvalue weighted by molar-refractivity contribution is 7.99. The van der Waals surface area contributed by atoms with Crippen LogP contribution >= 0.6 is 11.8 Å². The number of thioether (sulfide) groups is 1. The van der Waals surface area contributed by atoms with Crippen LogP contribution in [0.15, 0.2) is 34.2 Å². The van der Waals surface area contributed by atoms with Crippen LogP contribution in [0.5, 0.6) is 0 Å². The molecular weight excluding hydrogens is 352 g/mol. The Bertz CT molecular complexity index is 874. The smallest absolute Gasteiger partial charge is 0.262 e. The quantitative estimate of drug-likeness (QED) is 0.608. The minimum atomic E-state index is -0.155. The number of amides is 2. The summed E-state index contributed by atoms with van der Waals surface area (Å²) in [7, 11) is 0. The van der Waals surface area contributed by atoms with Crippen LogP contribution in [0.4, 0.5) is 0 Å². The minimum Gasteiger partial charge on any atom is -0.355 e. The molecule has 0 atom stereocenters. The fourth-order valence-electron chi connectivity index (χ4n) is 2.98. The first-order valence-corrected chi connectivity index (χ1v) is 9.69. The van der Waals surface area contributed by atoms with Crippen molar-refractivity contribution in [1.82, 2.24) is 19.8 Å². The maximum atomic E-state index is 12.8. The van der Waals surface area contributed by atoms with Gasteiger partial charge in [0.1, 0.15) is 0 Å². The number of likely N-dealkylation sites (tertiary alicyclic amines) is 1. The molecule has 2 aromatic rings. The van der Waals surface area contributed by atoms with Crippen molar-refractivity contribution >= 4 is 34.5 Å². The summed E-state index contributed by atoms with van der Waals surface area (Å²) in [4.78, 5) is 42.7. The number of rotatable bonds is 6. The molecule has 3 rings (SSSR count). The zero-order valence-electron chi connectivity index (χ0n) is 14.7. The molecule has 2 heterocycles. The molecule has 1 aliphatic heterocycles. The molecule has 0 spiro atoms. The summed E-state index contributed by atoms with van der Waals surface area (Å²) in [5.74, 6) is 0.179. The van der Waals surface area contributed by atoms with E-state index in [4.69, 9.17) is 0 Å². The van der Waals surface area contributed by atoms with E-state index in [1.165, 1.54) is 18.7 Å². The Morgan fingerprint density at radius 1 is 1.23 bits per heavy atom. The number of nitrogens with zero attached hydrogens (tertiary/aromatic N) is 3. The fourth-order valence-corrected chi connectivity index (χ4v) is 3.91. The number of benzene rings is 1. The van der Waals surface area contributed by atoms with Crippen LogP contribution in [0.2, 0.25) is 0 Å². The van der Waals surface area contributed by atoms with Gasteiger partial charge < -0.3 is 10.2 Å². The van der Waals surface area contributed by atoms with E-state index in [1.54, 1.807) is 22.8 Å². The lowest BCUT2D eigenvalue weighted by Gasteiger charge is -2.16. The number of carbonyl (C=O) groups is 2. The lowest BCUT2D eigenvalue weighted by molar-refractivity contribution is -0.127. The molecule has 1 saturated heterocycles. The number of para-hydroxylation sites is 1. The second-order valence-electron chi connectivity index (χ2n) is 6.23. The molecule has 26 heavy (non-hydrogen) atoms. The van der Waals surface area contributed by atoms with Crippen molar-refractivity contribution in [3.05, 3.63) is 34.6 Å². The third-order valence-electron chi connectivity index (χ3n) is 4.32. The summed E-state index contributed by atoms with van der Waals surface area (Å²) >= 11 is 1.28. The van der Waals surface area contributed by atoms with Gasteiger partial charge in [0.05, 0.1) is 16.7 Å². The van der Waals surface area contributed by atoms with Crippen LogP contribution in [-0.2, 0) is 16.1 Å². The van der Waals surface area contributed by atoms with Crippen LogP contribution in [-0.4, -0.2) is 51.7 Å².